The summed E-state index contributed by atoms with van der Waals surface area (Å²) in [6.45, 7) is 3.66. The zero-order valence-corrected chi connectivity index (χ0v) is 20.9. The Hall–Kier alpha value is -3.28. The van der Waals surface area contributed by atoms with Gasteiger partial charge in [-0.3, -0.25) is 19.3 Å². The number of amides is 1. The minimum atomic E-state index is -4.67. The van der Waals surface area contributed by atoms with Crippen molar-refractivity contribution in [2.75, 3.05) is 5.43 Å². The first kappa shape index (κ1) is 28.0. The van der Waals surface area contributed by atoms with E-state index in [2.05, 4.69) is 21.1 Å². The zero-order valence-electron chi connectivity index (χ0n) is 18.6. The molecule has 0 aromatic heterocycles. The van der Waals surface area contributed by atoms with E-state index in [-0.39, 0.29) is 5.91 Å². The maximum atomic E-state index is 12.4. The Morgan fingerprint density at radius 3 is 1.66 bits per heavy atom. The van der Waals surface area contributed by atoms with Crippen LogP contribution >= 0.6 is 23.2 Å². The number of anilines is 1. The van der Waals surface area contributed by atoms with Gasteiger partial charge in [0.1, 0.15) is 0 Å². The van der Waals surface area contributed by atoms with Crippen molar-refractivity contribution in [1.82, 2.24) is 5.43 Å². The van der Waals surface area contributed by atoms with Gasteiger partial charge in [-0.1, -0.05) is 59.6 Å². The summed E-state index contributed by atoms with van der Waals surface area (Å²) in [6, 6.07) is 21.7. The van der Waals surface area contributed by atoms with E-state index in [0.717, 1.165) is 22.5 Å². The molecule has 1 amide bonds. The molecule has 0 radical (unpaired) electrons. The molecule has 12 heteroatoms. The molecular weight excluding hydrogens is 515 g/mol. The van der Waals surface area contributed by atoms with Gasteiger partial charge in [-0.2, -0.15) is 18.6 Å². The third kappa shape index (κ3) is 9.85. The van der Waals surface area contributed by atoms with Gasteiger partial charge < -0.3 is 0 Å². The fourth-order valence-corrected chi connectivity index (χ4v) is 3.22. The molecule has 0 aliphatic rings. The van der Waals surface area contributed by atoms with Crippen LogP contribution in [0.5, 0.6) is 0 Å². The quantitative estimate of drug-likeness (QED) is 0.190. The van der Waals surface area contributed by atoms with Crippen LogP contribution < -0.4 is 10.9 Å². The lowest BCUT2D eigenvalue weighted by molar-refractivity contribution is 0.0955. The molecule has 0 aliphatic heterocycles. The number of carbonyl (C=O) groups is 1. The topological polar surface area (TPSA) is 140 Å². The molecule has 0 saturated carbocycles. The number of rotatable bonds is 6. The monoisotopic (exact) mass is 536 g/mol. The van der Waals surface area contributed by atoms with Gasteiger partial charge in [-0.25, -0.2) is 5.43 Å². The van der Waals surface area contributed by atoms with Gasteiger partial charge in [0.15, 0.2) is 0 Å². The van der Waals surface area contributed by atoms with Gasteiger partial charge >= 0.3 is 10.4 Å². The van der Waals surface area contributed by atoms with Crippen LogP contribution in [-0.2, 0) is 10.4 Å². The predicted octanol–water partition coefficient (Wildman–Crippen LogP) is 5.33. The van der Waals surface area contributed by atoms with Crippen molar-refractivity contribution >= 4 is 56.6 Å². The SMILES string of the molecule is C/C(=N\NC(=O)c1ccc(N/N=C(\C)c2ccccc2Cl)cc1)c1ccccc1Cl.O=S(=O)(O)O. The van der Waals surface area contributed by atoms with Gasteiger partial charge in [0.2, 0.25) is 0 Å². The number of hydrazone groups is 2. The summed E-state index contributed by atoms with van der Waals surface area (Å²) in [6.07, 6.45) is 0. The Labute approximate surface area is 213 Å². The standard InChI is InChI=1S/C23H20Cl2N4O.H2O4S/c1-15(19-7-3-5-9-21(19)24)26-28-18-13-11-17(12-14-18)23(30)29-27-16(2)20-8-4-6-10-22(20)25;1-5(2,3)4/h3-14,28H,1-2H3,(H,29,30);(H2,1,2,3,4)/b26-15+,27-16+;. The fourth-order valence-electron chi connectivity index (χ4n) is 2.67. The minimum Gasteiger partial charge on any atom is -0.278 e. The summed E-state index contributed by atoms with van der Waals surface area (Å²) in [5.74, 6) is -0.316. The van der Waals surface area contributed by atoms with Gasteiger partial charge in [0.05, 0.1) is 17.1 Å². The third-order valence-electron chi connectivity index (χ3n) is 4.35. The molecule has 184 valence electrons. The van der Waals surface area contributed by atoms with E-state index in [0.29, 0.717) is 21.3 Å². The average molecular weight is 537 g/mol. The molecule has 0 atom stereocenters. The Bertz CT molecular complexity index is 1340. The van der Waals surface area contributed by atoms with Crippen LogP contribution in [0.3, 0.4) is 0 Å². The first-order valence-corrected chi connectivity index (χ1v) is 12.1. The van der Waals surface area contributed by atoms with Gasteiger partial charge in [0, 0.05) is 26.7 Å². The second-order valence-corrected chi connectivity index (χ2v) is 8.64. The maximum absolute atomic E-state index is 12.4. The highest BCUT2D eigenvalue weighted by molar-refractivity contribution is 7.79. The highest BCUT2D eigenvalue weighted by Crippen LogP contribution is 2.17. The first-order chi connectivity index (χ1) is 16.5. The third-order valence-corrected chi connectivity index (χ3v) is 5.01. The van der Waals surface area contributed by atoms with E-state index in [4.69, 9.17) is 40.7 Å². The molecular formula is C23H22Cl2N4O5S. The Kier molecular flexibility index (Phi) is 10.4. The summed E-state index contributed by atoms with van der Waals surface area (Å²) in [5.41, 5.74) is 9.74. The van der Waals surface area contributed by atoms with Crippen molar-refractivity contribution in [3.05, 3.63) is 99.5 Å². The lowest BCUT2D eigenvalue weighted by Crippen LogP contribution is -2.19. The lowest BCUT2D eigenvalue weighted by Gasteiger charge is -2.07. The van der Waals surface area contributed by atoms with E-state index >= 15 is 0 Å². The summed E-state index contributed by atoms with van der Waals surface area (Å²) in [4.78, 5) is 12.4. The van der Waals surface area contributed by atoms with Crippen molar-refractivity contribution in [2.45, 2.75) is 13.8 Å². The highest BCUT2D eigenvalue weighted by Gasteiger charge is 2.07. The van der Waals surface area contributed by atoms with Crippen LogP contribution in [-0.4, -0.2) is 34.9 Å². The smallest absolute Gasteiger partial charge is 0.278 e. The van der Waals surface area contributed by atoms with E-state index in [1.54, 1.807) is 37.3 Å². The molecule has 0 bridgehead atoms. The van der Waals surface area contributed by atoms with Gasteiger partial charge in [0.25, 0.3) is 5.91 Å². The molecule has 3 rings (SSSR count). The van der Waals surface area contributed by atoms with Crippen LogP contribution in [0.15, 0.2) is 83.0 Å². The molecule has 0 fully saturated rings. The minimum absolute atomic E-state index is 0.316. The van der Waals surface area contributed by atoms with Crippen LogP contribution in [0.4, 0.5) is 5.69 Å². The Morgan fingerprint density at radius 1 is 0.771 bits per heavy atom. The molecule has 0 spiro atoms. The van der Waals surface area contributed by atoms with Crippen LogP contribution in [0.1, 0.15) is 35.3 Å². The van der Waals surface area contributed by atoms with Crippen molar-refractivity contribution < 1.29 is 22.3 Å². The van der Waals surface area contributed by atoms with Gasteiger partial charge in [-0.15, -0.1) is 0 Å². The van der Waals surface area contributed by atoms with E-state index in [1.807, 2.05) is 49.4 Å². The number of carbonyl (C=O) groups excluding carboxylic acids is 1. The molecule has 0 heterocycles. The van der Waals surface area contributed by atoms with E-state index in [1.165, 1.54) is 0 Å². The van der Waals surface area contributed by atoms with Crippen molar-refractivity contribution in [3.8, 4) is 0 Å². The summed E-state index contributed by atoms with van der Waals surface area (Å²) in [7, 11) is -4.67. The number of halogens is 2. The first-order valence-electron chi connectivity index (χ1n) is 9.90. The number of benzene rings is 3. The van der Waals surface area contributed by atoms with Gasteiger partial charge in [-0.05, 0) is 50.2 Å². The lowest BCUT2D eigenvalue weighted by atomic mass is 10.1. The normalized spacial score (nSPS) is 11.8. The number of nitrogens with zero attached hydrogens (tertiary/aromatic N) is 2. The molecule has 4 N–H and O–H groups in total. The Balaban J connectivity index is 0.000000784. The fraction of sp³-hybridized carbons (Fsp3) is 0.0870. The van der Waals surface area contributed by atoms with E-state index < -0.39 is 10.4 Å². The molecule has 3 aromatic carbocycles. The summed E-state index contributed by atoms with van der Waals surface area (Å²) >= 11 is 12.3. The van der Waals surface area contributed by atoms with Crippen molar-refractivity contribution in [3.63, 3.8) is 0 Å². The number of hydrogen-bond acceptors (Lipinski definition) is 6. The maximum Gasteiger partial charge on any atom is 0.394 e. The van der Waals surface area contributed by atoms with Crippen molar-refractivity contribution in [1.29, 1.82) is 0 Å². The molecule has 0 saturated heterocycles. The second-order valence-electron chi connectivity index (χ2n) is 6.93. The predicted molar refractivity (Wildman–Crippen MR) is 139 cm³/mol. The van der Waals surface area contributed by atoms with Crippen molar-refractivity contribution in [2.24, 2.45) is 10.2 Å². The Morgan fingerprint density at radius 2 is 1.20 bits per heavy atom. The van der Waals surface area contributed by atoms with Crippen LogP contribution in [0.2, 0.25) is 10.0 Å². The summed E-state index contributed by atoms with van der Waals surface area (Å²) < 4.78 is 31.6. The molecule has 35 heavy (non-hydrogen) atoms. The second kappa shape index (κ2) is 13.0. The largest absolute Gasteiger partial charge is 0.394 e. The molecule has 9 nitrogen and oxygen atoms in total. The summed E-state index contributed by atoms with van der Waals surface area (Å²) in [5, 5.41) is 9.71. The molecule has 0 unspecified atom stereocenters. The molecule has 3 aromatic rings. The number of nitrogens with one attached hydrogen (secondary N) is 2. The zero-order chi connectivity index (χ0) is 26.0. The molecule has 0 aliphatic carbocycles. The van der Waals surface area contributed by atoms with Crippen LogP contribution in [0.25, 0.3) is 0 Å². The average Bonchev–Trinajstić information content (AvgIpc) is 2.80. The van der Waals surface area contributed by atoms with Crippen LogP contribution in [0, 0.1) is 0 Å². The van der Waals surface area contributed by atoms with E-state index in [9.17, 15) is 4.79 Å². The number of hydrogen-bond donors (Lipinski definition) is 4. The highest BCUT2D eigenvalue weighted by atomic mass is 35.5.